The summed E-state index contributed by atoms with van der Waals surface area (Å²) in [5, 5.41) is 7.13. The summed E-state index contributed by atoms with van der Waals surface area (Å²) >= 11 is 0. The van der Waals surface area contributed by atoms with Crippen molar-refractivity contribution >= 4 is 29.9 Å². The highest BCUT2D eigenvalue weighted by atomic mass is 127. The quantitative estimate of drug-likeness (QED) is 0.275. The summed E-state index contributed by atoms with van der Waals surface area (Å²) in [7, 11) is 1.87. The molecule has 1 aliphatic heterocycles. The molecule has 2 atom stereocenters. The van der Waals surface area contributed by atoms with E-state index in [2.05, 4.69) is 63.9 Å². The van der Waals surface area contributed by atoms with Crippen molar-refractivity contribution in [2.24, 2.45) is 4.99 Å². The van der Waals surface area contributed by atoms with Crippen LogP contribution >= 0.6 is 24.0 Å². The van der Waals surface area contributed by atoms with Crippen molar-refractivity contribution in [2.45, 2.75) is 64.1 Å². The normalized spacial score (nSPS) is 23.5. The van der Waals surface area contributed by atoms with Crippen molar-refractivity contribution in [3.63, 3.8) is 0 Å². The van der Waals surface area contributed by atoms with Crippen molar-refractivity contribution in [3.8, 4) is 0 Å². The van der Waals surface area contributed by atoms with E-state index in [9.17, 15) is 0 Å². The number of nitrogens with zero attached hydrogens (tertiary/aromatic N) is 2. The van der Waals surface area contributed by atoms with E-state index < -0.39 is 0 Å². The maximum Gasteiger partial charge on any atom is 0.191 e. The number of hydrogen-bond donors (Lipinski definition) is 2. The first kappa shape index (κ1) is 22.2. The number of aliphatic imine (C=N–C) groups is 1. The van der Waals surface area contributed by atoms with Gasteiger partial charge in [0.05, 0.1) is 0 Å². The second kappa shape index (κ2) is 11.7. The molecule has 2 N–H and O–H groups in total. The lowest BCUT2D eigenvalue weighted by atomic mass is 9.97. The second-order valence-electron chi connectivity index (χ2n) is 7.67. The Morgan fingerprint density at radius 2 is 2.07 bits per heavy atom. The lowest BCUT2D eigenvalue weighted by Crippen LogP contribution is -2.51. The molecule has 2 unspecified atom stereocenters. The van der Waals surface area contributed by atoms with Crippen LogP contribution in [-0.4, -0.2) is 43.1 Å². The summed E-state index contributed by atoms with van der Waals surface area (Å²) in [6, 6.07) is 11.9. The van der Waals surface area contributed by atoms with Crippen molar-refractivity contribution in [3.05, 3.63) is 47.5 Å². The smallest absolute Gasteiger partial charge is 0.191 e. The summed E-state index contributed by atoms with van der Waals surface area (Å²) in [5.74, 6) is 0.956. The average Bonchev–Trinajstić information content (AvgIpc) is 3.17. The Kier molecular flexibility index (Phi) is 9.62. The molecule has 4 nitrogen and oxygen atoms in total. The van der Waals surface area contributed by atoms with E-state index in [0.717, 1.165) is 32.0 Å². The van der Waals surface area contributed by atoms with E-state index in [1.165, 1.54) is 37.7 Å². The number of allylic oxidation sites excluding steroid dienone is 1. The topological polar surface area (TPSA) is 39.7 Å². The molecule has 1 aromatic carbocycles. The number of benzene rings is 1. The van der Waals surface area contributed by atoms with E-state index in [4.69, 9.17) is 0 Å². The molecule has 150 valence electrons. The Morgan fingerprint density at radius 1 is 1.26 bits per heavy atom. The van der Waals surface area contributed by atoms with Crippen LogP contribution in [0.15, 0.2) is 47.0 Å². The summed E-state index contributed by atoms with van der Waals surface area (Å²) in [4.78, 5) is 7.01. The van der Waals surface area contributed by atoms with E-state index in [-0.39, 0.29) is 24.0 Å². The highest BCUT2D eigenvalue weighted by Crippen LogP contribution is 2.21. The van der Waals surface area contributed by atoms with E-state index >= 15 is 0 Å². The van der Waals surface area contributed by atoms with Crippen LogP contribution in [0.3, 0.4) is 0 Å². The number of halogens is 1. The zero-order chi connectivity index (χ0) is 18.2. The minimum absolute atomic E-state index is 0. The lowest BCUT2D eigenvalue weighted by molar-refractivity contribution is 0.134. The maximum absolute atomic E-state index is 4.42. The summed E-state index contributed by atoms with van der Waals surface area (Å²) in [6.07, 6.45) is 9.77. The van der Waals surface area contributed by atoms with Crippen LogP contribution in [0.25, 0.3) is 0 Å². The highest BCUT2D eigenvalue weighted by molar-refractivity contribution is 14.0. The average molecular weight is 482 g/mol. The highest BCUT2D eigenvalue weighted by Gasteiger charge is 2.25. The first-order valence-electron chi connectivity index (χ1n) is 10.2. The molecule has 1 fully saturated rings. The second-order valence-corrected chi connectivity index (χ2v) is 7.67. The van der Waals surface area contributed by atoms with Gasteiger partial charge in [0.2, 0.25) is 0 Å². The number of hydrogen-bond acceptors (Lipinski definition) is 2. The van der Waals surface area contributed by atoms with Gasteiger partial charge in [-0.1, -0.05) is 42.0 Å². The molecule has 0 spiro atoms. The standard InChI is InChI=1S/C22H34N4.HI/c1-18-16-21(13-15-26(18)17-20-10-4-3-5-11-20)25-22(23-2)24-14-12-19-8-6-7-9-19;/h3-5,8,10-11,18,21H,6-7,9,12-17H2,1-2H3,(H2,23,24,25);1H. The molecule has 0 saturated carbocycles. The molecule has 1 saturated heterocycles. The molecule has 1 aromatic rings. The zero-order valence-corrected chi connectivity index (χ0v) is 19.1. The van der Waals surface area contributed by atoms with Gasteiger partial charge in [0.1, 0.15) is 0 Å². The van der Waals surface area contributed by atoms with Crippen molar-refractivity contribution in [1.29, 1.82) is 0 Å². The zero-order valence-electron chi connectivity index (χ0n) is 16.8. The maximum atomic E-state index is 4.42. The van der Waals surface area contributed by atoms with Crippen LogP contribution < -0.4 is 10.6 Å². The van der Waals surface area contributed by atoms with Gasteiger partial charge in [-0.3, -0.25) is 9.89 Å². The third kappa shape index (κ3) is 7.11. The third-order valence-electron chi connectivity index (χ3n) is 5.68. The van der Waals surface area contributed by atoms with E-state index in [1.54, 1.807) is 5.57 Å². The Bertz CT molecular complexity index is 614. The number of likely N-dealkylation sites (tertiary alicyclic amines) is 1. The Labute approximate surface area is 181 Å². The van der Waals surface area contributed by atoms with Gasteiger partial charge in [0.25, 0.3) is 0 Å². The minimum Gasteiger partial charge on any atom is -0.356 e. The summed E-state index contributed by atoms with van der Waals surface area (Å²) < 4.78 is 0. The van der Waals surface area contributed by atoms with Crippen LogP contribution in [-0.2, 0) is 6.54 Å². The fourth-order valence-corrected chi connectivity index (χ4v) is 4.10. The number of rotatable bonds is 6. The van der Waals surface area contributed by atoms with Gasteiger partial charge in [-0.15, -0.1) is 24.0 Å². The molecule has 5 heteroatoms. The van der Waals surface area contributed by atoms with Gasteiger partial charge in [0.15, 0.2) is 5.96 Å². The van der Waals surface area contributed by atoms with Crippen molar-refractivity contribution in [2.75, 3.05) is 20.1 Å². The van der Waals surface area contributed by atoms with Gasteiger partial charge >= 0.3 is 0 Å². The molecule has 0 aromatic heterocycles. The molecule has 0 bridgehead atoms. The summed E-state index contributed by atoms with van der Waals surface area (Å²) in [6.45, 7) is 5.52. The summed E-state index contributed by atoms with van der Waals surface area (Å²) in [5.41, 5.74) is 3.01. The van der Waals surface area contributed by atoms with Crippen LogP contribution in [0, 0.1) is 0 Å². The Morgan fingerprint density at radius 3 is 2.74 bits per heavy atom. The Hall–Kier alpha value is -1.08. The van der Waals surface area contributed by atoms with Crippen LogP contribution in [0.5, 0.6) is 0 Å². The van der Waals surface area contributed by atoms with Crippen LogP contribution in [0.1, 0.15) is 51.0 Å². The molecule has 1 aliphatic carbocycles. The lowest BCUT2D eigenvalue weighted by Gasteiger charge is -2.38. The SMILES string of the molecule is CN=C(NCCC1=CCCC1)NC1CCN(Cc2ccccc2)C(C)C1.I. The monoisotopic (exact) mass is 482 g/mol. The number of nitrogens with one attached hydrogen (secondary N) is 2. The minimum atomic E-state index is 0. The molecule has 3 rings (SSSR count). The number of piperidine rings is 1. The molecule has 2 aliphatic rings. The van der Waals surface area contributed by atoms with Crippen molar-refractivity contribution < 1.29 is 0 Å². The molecule has 27 heavy (non-hydrogen) atoms. The predicted octanol–water partition coefficient (Wildman–Crippen LogP) is 4.32. The largest absolute Gasteiger partial charge is 0.356 e. The van der Waals surface area contributed by atoms with Gasteiger partial charge in [-0.2, -0.15) is 0 Å². The fourth-order valence-electron chi connectivity index (χ4n) is 4.10. The fraction of sp³-hybridized carbons (Fsp3) is 0.591. The molecular weight excluding hydrogens is 447 g/mol. The number of guanidine groups is 1. The van der Waals surface area contributed by atoms with Crippen LogP contribution in [0.2, 0.25) is 0 Å². The van der Waals surface area contributed by atoms with Gasteiger partial charge in [-0.05, 0) is 51.0 Å². The molecular formula is C22H35IN4. The first-order chi connectivity index (χ1) is 12.7. The molecule has 0 radical (unpaired) electrons. The van der Waals surface area contributed by atoms with Gasteiger partial charge in [-0.25, -0.2) is 0 Å². The third-order valence-corrected chi connectivity index (χ3v) is 5.68. The Balaban J connectivity index is 0.00000261. The molecule has 0 amide bonds. The predicted molar refractivity (Wildman–Crippen MR) is 126 cm³/mol. The van der Waals surface area contributed by atoms with Crippen molar-refractivity contribution in [1.82, 2.24) is 15.5 Å². The van der Waals surface area contributed by atoms with Gasteiger partial charge < -0.3 is 10.6 Å². The van der Waals surface area contributed by atoms with Gasteiger partial charge in [0, 0.05) is 38.8 Å². The van der Waals surface area contributed by atoms with E-state index in [0.29, 0.717) is 12.1 Å². The first-order valence-corrected chi connectivity index (χ1v) is 10.2. The van der Waals surface area contributed by atoms with E-state index in [1.807, 2.05) is 7.05 Å². The van der Waals surface area contributed by atoms with Crippen LogP contribution in [0.4, 0.5) is 0 Å². The molecule has 1 heterocycles.